The van der Waals surface area contributed by atoms with E-state index in [-0.39, 0.29) is 16.6 Å². The predicted molar refractivity (Wildman–Crippen MR) is 173 cm³/mol. The average molecular weight is 642 g/mol. The van der Waals surface area contributed by atoms with Gasteiger partial charge < -0.3 is 0 Å². The first-order chi connectivity index (χ1) is 20.1. The quantitative estimate of drug-likeness (QED) is 0.153. The minimum atomic E-state index is -0.566. The molecule has 0 radical (unpaired) electrons. The fraction of sp³-hybridized carbons (Fsp3) is 0.152. The summed E-state index contributed by atoms with van der Waals surface area (Å²) < 4.78 is 2.78. The van der Waals surface area contributed by atoms with Gasteiger partial charge in [0.05, 0.1) is 12.2 Å². The minimum absolute atomic E-state index is 0.0375. The third kappa shape index (κ3) is 5.57. The Balaban J connectivity index is 1.57. The smallest absolute Gasteiger partial charge is 0.273 e. The molecule has 3 amide bonds. The summed E-state index contributed by atoms with van der Waals surface area (Å²) in [6.07, 6.45) is 1.57. The summed E-state index contributed by atoms with van der Waals surface area (Å²) in [7, 11) is 0. The molecule has 1 saturated heterocycles. The molecule has 212 valence electrons. The van der Waals surface area contributed by atoms with Crippen molar-refractivity contribution in [1.82, 2.24) is 9.99 Å². The van der Waals surface area contributed by atoms with E-state index < -0.39 is 11.8 Å². The van der Waals surface area contributed by atoms with E-state index in [9.17, 15) is 14.4 Å². The van der Waals surface area contributed by atoms with E-state index >= 15 is 0 Å². The number of hydrogen-bond donors (Lipinski definition) is 1. The second-order valence-electron chi connectivity index (χ2n) is 10.2. The number of nitrogens with zero attached hydrogens (tertiary/aromatic N) is 3. The summed E-state index contributed by atoms with van der Waals surface area (Å²) in [5, 5.41) is 4.38. The predicted octanol–water partition coefficient (Wildman–Crippen LogP) is 6.29. The molecule has 1 aliphatic heterocycles. The Bertz CT molecular complexity index is 1760. The maximum atomic E-state index is 13.9. The van der Waals surface area contributed by atoms with Crippen LogP contribution in [0.5, 0.6) is 0 Å². The van der Waals surface area contributed by atoms with Crippen LogP contribution in [0.15, 0.2) is 88.9 Å². The van der Waals surface area contributed by atoms with Crippen LogP contribution < -0.4 is 15.2 Å². The van der Waals surface area contributed by atoms with Crippen molar-refractivity contribution in [1.29, 1.82) is 0 Å². The number of nitrogens with one attached hydrogen (secondary N) is 1. The van der Waals surface area contributed by atoms with Gasteiger partial charge in [-0.25, -0.2) is 5.01 Å². The Hall–Kier alpha value is -4.34. The van der Waals surface area contributed by atoms with Gasteiger partial charge in [0.25, 0.3) is 17.7 Å². The van der Waals surface area contributed by atoms with Crippen LogP contribution in [0.4, 0.5) is 5.69 Å². The molecule has 0 bridgehead atoms. The molecule has 1 N–H and O–H groups in total. The maximum absolute atomic E-state index is 13.9. The molecule has 3 aromatic carbocycles. The zero-order valence-corrected chi connectivity index (χ0v) is 26.0. The van der Waals surface area contributed by atoms with Gasteiger partial charge in [-0.05, 0) is 105 Å². The highest BCUT2D eigenvalue weighted by Crippen LogP contribution is 2.28. The Labute approximate surface area is 258 Å². The Morgan fingerprint density at radius 3 is 2.33 bits per heavy atom. The second-order valence-corrected chi connectivity index (χ2v) is 11.5. The molecule has 2 heterocycles. The van der Waals surface area contributed by atoms with Gasteiger partial charge in [-0.1, -0.05) is 58.4 Å². The van der Waals surface area contributed by atoms with Crippen molar-refractivity contribution in [3.05, 3.63) is 128 Å². The lowest BCUT2D eigenvalue weighted by atomic mass is 10.0. The lowest BCUT2D eigenvalue weighted by molar-refractivity contribution is -0.122. The highest BCUT2D eigenvalue weighted by molar-refractivity contribution is 9.10. The van der Waals surface area contributed by atoms with Gasteiger partial charge in [-0.15, -0.1) is 0 Å². The van der Waals surface area contributed by atoms with Gasteiger partial charge >= 0.3 is 0 Å². The summed E-state index contributed by atoms with van der Waals surface area (Å²) in [6.45, 7) is 7.93. The van der Waals surface area contributed by atoms with Crippen LogP contribution in [-0.4, -0.2) is 27.5 Å². The van der Waals surface area contributed by atoms with Crippen LogP contribution >= 0.6 is 28.1 Å². The molecule has 9 heteroatoms. The normalized spacial score (nSPS) is 14.4. The maximum Gasteiger partial charge on any atom is 0.273 e. The first-order valence-corrected chi connectivity index (χ1v) is 14.5. The number of carbonyl (C=O) groups is 3. The van der Waals surface area contributed by atoms with E-state index in [2.05, 4.69) is 21.2 Å². The summed E-state index contributed by atoms with van der Waals surface area (Å²) in [5.41, 5.74) is 6.07. The van der Waals surface area contributed by atoms with Crippen molar-refractivity contribution in [2.24, 2.45) is 0 Å². The van der Waals surface area contributed by atoms with Crippen LogP contribution in [0.1, 0.15) is 44.0 Å². The molecule has 4 aromatic rings. The molecule has 0 aliphatic carbocycles. The average Bonchev–Trinajstić information content (AvgIpc) is 3.25. The molecule has 0 atom stereocenters. The van der Waals surface area contributed by atoms with Crippen LogP contribution in [0.2, 0.25) is 0 Å². The van der Waals surface area contributed by atoms with Crippen LogP contribution in [0, 0.1) is 27.7 Å². The van der Waals surface area contributed by atoms with Gasteiger partial charge in [0, 0.05) is 21.4 Å². The summed E-state index contributed by atoms with van der Waals surface area (Å²) in [5.74, 6) is -1.25. The molecular weight excluding hydrogens is 612 g/mol. The molecule has 1 fully saturated rings. The summed E-state index contributed by atoms with van der Waals surface area (Å²) >= 11 is 8.88. The molecule has 0 unspecified atom stereocenters. The van der Waals surface area contributed by atoms with E-state index in [1.54, 1.807) is 23.2 Å². The standard InChI is InChI=1S/C33H29BrN4O3S/c1-20-9-8-12-29(22(20)3)37-32(41)28(30(39)35-33(37)42)18-26-17-21(2)38(23(26)4)36(19-24-13-15-27(34)16-14-24)31(40)25-10-6-5-7-11-25/h5-18H,19H2,1-4H3,(H,35,39,42)/b28-18-. The number of aromatic nitrogens is 1. The van der Waals surface area contributed by atoms with Crippen molar-refractivity contribution >= 4 is 62.7 Å². The molecule has 0 saturated carbocycles. The lowest BCUT2D eigenvalue weighted by Gasteiger charge is -2.30. The molecule has 42 heavy (non-hydrogen) atoms. The van der Waals surface area contributed by atoms with Gasteiger partial charge in [0.1, 0.15) is 5.57 Å². The van der Waals surface area contributed by atoms with Crippen molar-refractivity contribution in [3.8, 4) is 0 Å². The monoisotopic (exact) mass is 640 g/mol. The molecular formula is C33H29BrN4O3S. The zero-order chi connectivity index (χ0) is 30.1. The molecule has 7 nitrogen and oxygen atoms in total. The number of aryl methyl sites for hydroxylation is 2. The highest BCUT2D eigenvalue weighted by Gasteiger charge is 2.35. The first-order valence-electron chi connectivity index (χ1n) is 13.3. The van der Waals surface area contributed by atoms with E-state index in [4.69, 9.17) is 12.2 Å². The largest absolute Gasteiger partial charge is 0.298 e. The van der Waals surface area contributed by atoms with Crippen molar-refractivity contribution in [3.63, 3.8) is 0 Å². The van der Waals surface area contributed by atoms with Gasteiger partial charge in [0.2, 0.25) is 0 Å². The Morgan fingerprint density at radius 1 is 0.952 bits per heavy atom. The third-order valence-corrected chi connectivity index (χ3v) is 8.21. The SMILES string of the molecule is Cc1cccc(N2C(=O)/C(=C\c3cc(C)n(N(Cc4ccc(Br)cc4)C(=O)c4ccccc4)c3C)C(=O)NC2=S)c1C. The van der Waals surface area contributed by atoms with Crippen LogP contribution in [-0.2, 0) is 16.1 Å². The number of thiocarbonyl (C=S) groups is 1. The van der Waals surface area contributed by atoms with Crippen molar-refractivity contribution < 1.29 is 14.4 Å². The van der Waals surface area contributed by atoms with Crippen molar-refractivity contribution in [2.75, 3.05) is 9.91 Å². The molecule has 0 spiro atoms. The topological polar surface area (TPSA) is 74.7 Å². The van der Waals surface area contributed by atoms with E-state index in [0.717, 1.165) is 26.9 Å². The number of hydrogen-bond acceptors (Lipinski definition) is 4. The van der Waals surface area contributed by atoms with Crippen LogP contribution in [0.25, 0.3) is 6.08 Å². The van der Waals surface area contributed by atoms with Gasteiger partial charge in [-0.3, -0.25) is 29.3 Å². The Kier molecular flexibility index (Phi) is 8.24. The highest BCUT2D eigenvalue weighted by atomic mass is 79.9. The number of amides is 3. The number of anilines is 1. The fourth-order valence-corrected chi connectivity index (χ4v) is 5.57. The Morgan fingerprint density at radius 2 is 1.64 bits per heavy atom. The fourth-order valence-electron chi connectivity index (χ4n) is 5.03. The number of benzene rings is 3. The third-order valence-electron chi connectivity index (χ3n) is 7.39. The van der Waals surface area contributed by atoms with Crippen LogP contribution in [0.3, 0.4) is 0 Å². The number of carbonyl (C=O) groups excluding carboxylic acids is 3. The number of rotatable bonds is 6. The summed E-state index contributed by atoms with van der Waals surface area (Å²) in [6, 6.07) is 24.4. The zero-order valence-electron chi connectivity index (χ0n) is 23.6. The van der Waals surface area contributed by atoms with Crippen molar-refractivity contribution in [2.45, 2.75) is 34.2 Å². The van der Waals surface area contributed by atoms with E-state index in [1.165, 1.54) is 4.90 Å². The number of halogens is 1. The molecule has 1 aliphatic rings. The molecule has 5 rings (SSSR count). The first kappa shape index (κ1) is 29.2. The minimum Gasteiger partial charge on any atom is -0.298 e. The summed E-state index contributed by atoms with van der Waals surface area (Å²) in [4.78, 5) is 42.0. The van der Waals surface area contributed by atoms with Gasteiger partial charge in [-0.2, -0.15) is 0 Å². The molecule has 1 aromatic heterocycles. The van der Waals surface area contributed by atoms with E-state index in [1.807, 2.05) is 99.1 Å². The lowest BCUT2D eigenvalue weighted by Crippen LogP contribution is -2.54. The van der Waals surface area contributed by atoms with Gasteiger partial charge in [0.15, 0.2) is 5.11 Å². The second kappa shape index (κ2) is 11.9. The van der Waals surface area contributed by atoms with E-state index in [0.29, 0.717) is 29.1 Å².